The fraction of sp³-hybridized carbons (Fsp3) is 0.174. The van der Waals surface area contributed by atoms with Gasteiger partial charge < -0.3 is 10.0 Å². The molecule has 0 bridgehead atoms. The number of pyridine rings is 1. The number of carbonyl (C=O) groups excluding carboxylic acids is 2. The van der Waals surface area contributed by atoms with E-state index in [0.717, 1.165) is 9.87 Å². The summed E-state index contributed by atoms with van der Waals surface area (Å²) in [4.78, 5) is 31.0. The number of nitrogens with zero attached hydrogens (tertiary/aromatic N) is 2. The number of aromatic nitrogens is 1. The van der Waals surface area contributed by atoms with Gasteiger partial charge in [0, 0.05) is 36.2 Å². The first-order valence-corrected chi connectivity index (χ1v) is 12.3. The molecular weight excluding hydrogens is 462 g/mol. The first kappa shape index (κ1) is 22.8. The van der Waals surface area contributed by atoms with Crippen molar-refractivity contribution in [2.24, 2.45) is 0 Å². The number of likely N-dealkylation sites (tertiary alicyclic amines) is 1. The lowest BCUT2D eigenvalue weighted by molar-refractivity contribution is -0.378. The van der Waals surface area contributed by atoms with E-state index in [-0.39, 0.29) is 22.6 Å². The van der Waals surface area contributed by atoms with E-state index < -0.39 is 33.5 Å². The molecule has 1 aliphatic rings. The number of hydrogen-bond acceptors (Lipinski definition) is 6. The molecule has 0 saturated carbocycles. The van der Waals surface area contributed by atoms with E-state index in [1.165, 1.54) is 54.6 Å². The second-order valence-electron chi connectivity index (χ2n) is 7.65. The zero-order valence-corrected chi connectivity index (χ0v) is 19.5. The van der Waals surface area contributed by atoms with Gasteiger partial charge in [0.25, 0.3) is 5.91 Å². The van der Waals surface area contributed by atoms with Crippen molar-refractivity contribution in [3.05, 3.63) is 87.9 Å². The molecule has 3 heterocycles. The van der Waals surface area contributed by atoms with Crippen LogP contribution in [0.5, 0.6) is 0 Å². The minimum absolute atomic E-state index is 0.0274. The van der Waals surface area contributed by atoms with Crippen molar-refractivity contribution >= 4 is 38.8 Å². The number of H-pyrrole nitrogens is 1. The predicted octanol–water partition coefficient (Wildman–Crippen LogP) is 1.24. The average molecular weight is 484 g/mol. The quantitative estimate of drug-likeness (QED) is 0.297. The van der Waals surface area contributed by atoms with Crippen LogP contribution in [0, 0.1) is 0 Å². The molecule has 0 spiro atoms. The number of carbonyl (C=O) groups is 2. The third kappa shape index (κ3) is 4.20. The van der Waals surface area contributed by atoms with Gasteiger partial charge in [-0.2, -0.15) is 0 Å². The van der Waals surface area contributed by atoms with E-state index in [0.29, 0.717) is 4.88 Å². The van der Waals surface area contributed by atoms with Crippen LogP contribution in [0.25, 0.3) is 5.76 Å². The highest BCUT2D eigenvalue weighted by Gasteiger charge is 2.44. The van der Waals surface area contributed by atoms with Crippen molar-refractivity contribution in [3.8, 4) is 0 Å². The van der Waals surface area contributed by atoms with Crippen LogP contribution in [0.1, 0.15) is 22.0 Å². The van der Waals surface area contributed by atoms with Gasteiger partial charge in [-0.05, 0) is 35.2 Å². The second kappa shape index (κ2) is 8.89. The molecule has 8 nitrogen and oxygen atoms in total. The van der Waals surface area contributed by atoms with E-state index >= 15 is 0 Å². The summed E-state index contributed by atoms with van der Waals surface area (Å²) in [5, 5.41) is 15.2. The summed E-state index contributed by atoms with van der Waals surface area (Å²) in [5.74, 6) is -2.18. The van der Waals surface area contributed by atoms with Crippen LogP contribution in [0.15, 0.2) is 76.8 Å². The molecule has 3 aromatic rings. The van der Waals surface area contributed by atoms with Crippen molar-refractivity contribution in [2.45, 2.75) is 17.5 Å². The fourth-order valence-electron chi connectivity index (χ4n) is 3.65. The number of hydrogen-bond donors (Lipinski definition) is 0. The summed E-state index contributed by atoms with van der Waals surface area (Å²) in [5.41, 5.74) is 0.790. The molecule has 1 atom stereocenters. The van der Waals surface area contributed by atoms with Gasteiger partial charge >= 0.3 is 0 Å². The number of ketones is 1. The first-order chi connectivity index (χ1) is 15.7. The summed E-state index contributed by atoms with van der Waals surface area (Å²) in [6.45, 7) is 0.154. The second-order valence-corrected chi connectivity index (χ2v) is 10.8. The van der Waals surface area contributed by atoms with Crippen molar-refractivity contribution in [1.82, 2.24) is 9.21 Å². The Hall–Kier alpha value is -3.34. The molecule has 1 fully saturated rings. The lowest BCUT2D eigenvalue weighted by atomic mass is 10.00. The van der Waals surface area contributed by atoms with E-state index in [1.807, 2.05) is 11.4 Å². The Morgan fingerprint density at radius 1 is 1.12 bits per heavy atom. The Morgan fingerprint density at radius 2 is 1.85 bits per heavy atom. The summed E-state index contributed by atoms with van der Waals surface area (Å²) in [6.07, 6.45) is 3.46. The monoisotopic (exact) mass is 483 g/mol. The Bertz CT molecular complexity index is 1320. The number of nitrogens with one attached hydrogen (secondary N) is 1. The topological polar surface area (TPSA) is 112 Å². The molecule has 170 valence electrons. The molecule has 1 aliphatic heterocycles. The van der Waals surface area contributed by atoms with Gasteiger partial charge in [-0.15, -0.1) is 11.3 Å². The molecule has 2 aromatic heterocycles. The molecule has 33 heavy (non-hydrogen) atoms. The summed E-state index contributed by atoms with van der Waals surface area (Å²) in [7, 11) is -0.834. The number of rotatable bonds is 6. The standard InChI is InChI=1S/C23H21N3O5S2/c1-25(2)33(30,31)17-9-7-16(8-10-17)21(27)19-20(18-6-4-12-32-18)26(23(29)22(19)28)14-15-5-3-11-24-13-15/h3-13,20,27H,14H2,1-2H3. The highest BCUT2D eigenvalue weighted by Crippen LogP contribution is 2.41. The number of sulfonamides is 1. The number of Topliss-reactive ketones (excluding diaryl/α,β-unsaturated/α-hetero) is 1. The van der Waals surface area contributed by atoms with Crippen LogP contribution in [0.4, 0.5) is 0 Å². The van der Waals surface area contributed by atoms with Gasteiger partial charge in [-0.3, -0.25) is 9.59 Å². The van der Waals surface area contributed by atoms with E-state index in [2.05, 4.69) is 4.98 Å². The Kier molecular flexibility index (Phi) is 6.15. The first-order valence-electron chi connectivity index (χ1n) is 9.99. The minimum atomic E-state index is -3.66. The number of aromatic amines is 1. The van der Waals surface area contributed by atoms with Crippen LogP contribution in [-0.4, -0.2) is 43.4 Å². The van der Waals surface area contributed by atoms with E-state index in [4.69, 9.17) is 0 Å². The molecule has 1 saturated heterocycles. The highest BCUT2D eigenvalue weighted by atomic mass is 32.2. The molecule has 0 aliphatic carbocycles. The number of thiophene rings is 1. The zero-order valence-electron chi connectivity index (χ0n) is 17.9. The van der Waals surface area contributed by atoms with Crippen molar-refractivity contribution in [2.75, 3.05) is 14.1 Å². The summed E-state index contributed by atoms with van der Waals surface area (Å²) < 4.78 is 25.7. The summed E-state index contributed by atoms with van der Waals surface area (Å²) >= 11 is 1.35. The van der Waals surface area contributed by atoms with Crippen molar-refractivity contribution in [1.29, 1.82) is 0 Å². The van der Waals surface area contributed by atoms with Crippen molar-refractivity contribution in [3.63, 3.8) is 0 Å². The molecule has 10 heteroatoms. The molecule has 1 aromatic carbocycles. The number of benzene rings is 1. The fourth-order valence-corrected chi connectivity index (χ4v) is 5.39. The average Bonchev–Trinajstić information content (AvgIpc) is 3.42. The molecule has 1 amide bonds. The highest BCUT2D eigenvalue weighted by molar-refractivity contribution is 7.89. The lowest BCUT2D eigenvalue weighted by Gasteiger charge is -2.26. The lowest BCUT2D eigenvalue weighted by Crippen LogP contribution is -2.29. The van der Waals surface area contributed by atoms with Gasteiger partial charge in [0.2, 0.25) is 15.8 Å². The van der Waals surface area contributed by atoms with Crippen molar-refractivity contribution < 1.29 is 28.1 Å². The molecule has 1 N–H and O–H groups in total. The Morgan fingerprint density at radius 3 is 2.42 bits per heavy atom. The van der Waals surface area contributed by atoms with Crippen LogP contribution in [0.2, 0.25) is 0 Å². The van der Waals surface area contributed by atoms with Gasteiger partial charge in [0.1, 0.15) is 0 Å². The molecular formula is C23H21N3O5S2. The third-order valence-electron chi connectivity index (χ3n) is 5.36. The molecule has 0 radical (unpaired) electrons. The van der Waals surface area contributed by atoms with Gasteiger partial charge in [0.05, 0.1) is 17.5 Å². The molecule has 1 unspecified atom stereocenters. The Balaban J connectivity index is 1.79. The minimum Gasteiger partial charge on any atom is -0.872 e. The SMILES string of the molecule is CN(C)S(=O)(=O)c1ccc(C([O-])=C2C(=O)C(=O)N(Cc3ccc[nH+]c3)C2c2cccs2)cc1. The van der Waals surface area contributed by atoms with E-state index in [9.17, 15) is 23.1 Å². The maximum Gasteiger partial charge on any atom is 0.295 e. The predicted molar refractivity (Wildman–Crippen MR) is 120 cm³/mol. The van der Waals surface area contributed by atoms with Gasteiger partial charge in [-0.25, -0.2) is 17.7 Å². The van der Waals surface area contributed by atoms with Crippen LogP contribution >= 0.6 is 11.3 Å². The van der Waals surface area contributed by atoms with Crippen LogP contribution < -0.4 is 10.1 Å². The number of amides is 1. The van der Waals surface area contributed by atoms with Gasteiger partial charge in [-0.1, -0.05) is 24.0 Å². The van der Waals surface area contributed by atoms with Crippen LogP contribution in [0.3, 0.4) is 0 Å². The largest absolute Gasteiger partial charge is 0.872 e. The maximum atomic E-state index is 13.4. The maximum absolute atomic E-state index is 13.4. The molecule has 4 rings (SSSR count). The van der Waals surface area contributed by atoms with Gasteiger partial charge in [0.15, 0.2) is 12.4 Å². The van der Waals surface area contributed by atoms with Crippen LogP contribution in [-0.2, 0) is 26.2 Å². The Labute approximate surface area is 195 Å². The van der Waals surface area contributed by atoms with E-state index in [1.54, 1.807) is 30.6 Å². The zero-order chi connectivity index (χ0) is 23.8. The third-order valence-corrected chi connectivity index (χ3v) is 8.12. The normalized spacial score (nSPS) is 18.3. The smallest absolute Gasteiger partial charge is 0.295 e. The summed E-state index contributed by atoms with van der Waals surface area (Å²) in [6, 6.07) is 11.7.